The van der Waals surface area contributed by atoms with E-state index in [1.54, 1.807) is 0 Å². The maximum Gasteiger partial charge on any atom is 0.308 e. The second-order valence-corrected chi connectivity index (χ2v) is 5.61. The van der Waals surface area contributed by atoms with E-state index >= 15 is 0 Å². The maximum atomic E-state index is 11.3. The van der Waals surface area contributed by atoms with Crippen molar-refractivity contribution < 1.29 is 14.3 Å². The fourth-order valence-corrected chi connectivity index (χ4v) is 2.66. The van der Waals surface area contributed by atoms with Gasteiger partial charge in [-0.1, -0.05) is 19.4 Å². The van der Waals surface area contributed by atoms with Crippen molar-refractivity contribution in [2.24, 2.45) is 5.41 Å². The van der Waals surface area contributed by atoms with E-state index in [2.05, 4.69) is 13.8 Å². The van der Waals surface area contributed by atoms with Crippen LogP contribution in [0.4, 0.5) is 0 Å². The van der Waals surface area contributed by atoms with Gasteiger partial charge in [-0.05, 0) is 44.1 Å². The zero-order valence-corrected chi connectivity index (χ0v) is 11.9. The van der Waals surface area contributed by atoms with Crippen LogP contribution in [0.2, 0.25) is 0 Å². The van der Waals surface area contributed by atoms with Gasteiger partial charge in [0, 0.05) is 13.0 Å². The van der Waals surface area contributed by atoms with Gasteiger partial charge in [-0.3, -0.25) is 9.59 Å². The normalized spacial score (nSPS) is 19.7. The Morgan fingerprint density at radius 2 is 1.89 bits per heavy atom. The molecule has 0 saturated carbocycles. The third-order valence-corrected chi connectivity index (χ3v) is 3.29. The summed E-state index contributed by atoms with van der Waals surface area (Å²) in [6, 6.07) is 0. The molecule has 0 fully saturated rings. The largest absolute Gasteiger partial charge is 0.426 e. The number of rotatable bonds is 3. The Morgan fingerprint density at radius 1 is 1.28 bits per heavy atom. The van der Waals surface area contributed by atoms with E-state index in [0.717, 1.165) is 24.8 Å². The Kier molecular flexibility index (Phi) is 4.49. The summed E-state index contributed by atoms with van der Waals surface area (Å²) in [7, 11) is 0. The first kappa shape index (κ1) is 14.7. The lowest BCUT2D eigenvalue weighted by molar-refractivity contribution is -0.136. The Hall–Kier alpha value is -1.38. The molecular formula is C15H22O3. The van der Waals surface area contributed by atoms with Gasteiger partial charge in [0.05, 0.1) is 0 Å². The molecule has 0 amide bonds. The summed E-state index contributed by atoms with van der Waals surface area (Å²) < 4.78 is 5.25. The molecule has 0 spiro atoms. The van der Waals surface area contributed by atoms with Crippen molar-refractivity contribution in [3.63, 3.8) is 0 Å². The van der Waals surface area contributed by atoms with Crippen LogP contribution in [0.15, 0.2) is 23.0 Å². The van der Waals surface area contributed by atoms with Gasteiger partial charge in [-0.25, -0.2) is 0 Å². The molecule has 0 N–H and O–H groups in total. The van der Waals surface area contributed by atoms with Gasteiger partial charge < -0.3 is 4.74 Å². The van der Waals surface area contributed by atoms with Gasteiger partial charge >= 0.3 is 5.97 Å². The van der Waals surface area contributed by atoms with Crippen molar-refractivity contribution in [1.82, 2.24) is 0 Å². The molecule has 3 nitrogen and oxygen atoms in total. The number of ketones is 1. The second-order valence-electron chi connectivity index (χ2n) is 5.61. The summed E-state index contributed by atoms with van der Waals surface area (Å²) >= 11 is 0. The number of hydrogen-bond acceptors (Lipinski definition) is 3. The van der Waals surface area contributed by atoms with Crippen molar-refractivity contribution in [2.45, 2.75) is 53.9 Å². The molecule has 3 heteroatoms. The fraction of sp³-hybridized carbons (Fsp3) is 0.600. The predicted molar refractivity (Wildman–Crippen MR) is 70.9 cm³/mol. The van der Waals surface area contributed by atoms with Gasteiger partial charge in [0.15, 0.2) is 5.78 Å². The number of carbonyl (C=O) groups is 2. The molecule has 1 aliphatic carbocycles. The highest BCUT2D eigenvalue weighted by molar-refractivity contribution is 5.89. The highest BCUT2D eigenvalue weighted by Gasteiger charge is 2.32. The SMILES string of the molecule is CC(=O)C=C(OC(C)=O)C1=C(C)CCCC1(C)C. The van der Waals surface area contributed by atoms with Crippen LogP contribution in [0, 0.1) is 5.41 Å². The number of esters is 1. The molecule has 0 aromatic carbocycles. The minimum Gasteiger partial charge on any atom is -0.426 e. The molecular weight excluding hydrogens is 228 g/mol. The number of hydrogen-bond donors (Lipinski definition) is 0. The van der Waals surface area contributed by atoms with Crippen LogP contribution in [-0.2, 0) is 14.3 Å². The van der Waals surface area contributed by atoms with Crippen LogP contribution in [0.5, 0.6) is 0 Å². The average Bonchev–Trinajstić information content (AvgIpc) is 2.13. The first-order valence-corrected chi connectivity index (χ1v) is 6.35. The number of carbonyl (C=O) groups excluding carboxylic acids is 2. The molecule has 18 heavy (non-hydrogen) atoms. The molecule has 0 heterocycles. The van der Waals surface area contributed by atoms with E-state index in [-0.39, 0.29) is 17.2 Å². The van der Waals surface area contributed by atoms with Crippen LogP contribution < -0.4 is 0 Å². The van der Waals surface area contributed by atoms with Crippen molar-refractivity contribution in [1.29, 1.82) is 0 Å². The van der Waals surface area contributed by atoms with Crippen LogP contribution in [-0.4, -0.2) is 11.8 Å². The molecule has 1 rings (SSSR count). The maximum absolute atomic E-state index is 11.3. The van der Waals surface area contributed by atoms with E-state index in [4.69, 9.17) is 4.74 Å². The predicted octanol–water partition coefficient (Wildman–Crippen LogP) is 3.55. The van der Waals surface area contributed by atoms with Gasteiger partial charge in [0.25, 0.3) is 0 Å². The van der Waals surface area contributed by atoms with E-state index < -0.39 is 0 Å². The number of allylic oxidation sites excluding steroid dienone is 3. The zero-order valence-electron chi connectivity index (χ0n) is 11.9. The Balaban J connectivity index is 3.26. The van der Waals surface area contributed by atoms with E-state index in [9.17, 15) is 9.59 Å². The molecule has 0 radical (unpaired) electrons. The zero-order chi connectivity index (χ0) is 13.9. The van der Waals surface area contributed by atoms with Crippen LogP contribution in [0.25, 0.3) is 0 Å². The molecule has 100 valence electrons. The van der Waals surface area contributed by atoms with E-state index in [0.29, 0.717) is 5.76 Å². The summed E-state index contributed by atoms with van der Waals surface area (Å²) in [5, 5.41) is 0. The lowest BCUT2D eigenvalue weighted by atomic mass is 9.72. The van der Waals surface area contributed by atoms with Crippen LogP contribution in [0.3, 0.4) is 0 Å². The van der Waals surface area contributed by atoms with Crippen molar-refractivity contribution >= 4 is 11.8 Å². The summed E-state index contributed by atoms with van der Waals surface area (Å²) in [5.41, 5.74) is 2.16. The molecule has 0 atom stereocenters. The van der Waals surface area contributed by atoms with E-state index in [1.165, 1.54) is 25.5 Å². The summed E-state index contributed by atoms with van der Waals surface area (Å²) in [4.78, 5) is 22.5. The van der Waals surface area contributed by atoms with Crippen molar-refractivity contribution in [3.05, 3.63) is 23.0 Å². The topological polar surface area (TPSA) is 43.4 Å². The van der Waals surface area contributed by atoms with Gasteiger partial charge in [0.2, 0.25) is 0 Å². The Morgan fingerprint density at radius 3 is 2.33 bits per heavy atom. The highest BCUT2D eigenvalue weighted by atomic mass is 16.5. The fourth-order valence-electron chi connectivity index (χ4n) is 2.66. The number of ether oxygens (including phenoxy) is 1. The standard InChI is InChI=1S/C15H22O3/c1-10-7-6-8-15(4,5)14(10)13(9-11(2)16)18-12(3)17/h9H,6-8H2,1-5H3. The van der Waals surface area contributed by atoms with Crippen LogP contribution >= 0.6 is 0 Å². The third-order valence-electron chi connectivity index (χ3n) is 3.29. The first-order chi connectivity index (χ1) is 8.24. The average molecular weight is 250 g/mol. The lowest BCUT2D eigenvalue weighted by Crippen LogP contribution is -2.23. The highest BCUT2D eigenvalue weighted by Crippen LogP contribution is 2.43. The van der Waals surface area contributed by atoms with Crippen molar-refractivity contribution in [3.8, 4) is 0 Å². The van der Waals surface area contributed by atoms with Crippen molar-refractivity contribution in [2.75, 3.05) is 0 Å². The molecule has 0 saturated heterocycles. The van der Waals surface area contributed by atoms with Crippen LogP contribution in [0.1, 0.15) is 53.9 Å². The minimum absolute atomic E-state index is 0.0565. The quantitative estimate of drug-likeness (QED) is 0.437. The minimum atomic E-state index is -0.385. The molecule has 0 aliphatic heterocycles. The third kappa shape index (κ3) is 3.56. The van der Waals surface area contributed by atoms with E-state index in [1.807, 2.05) is 6.92 Å². The monoisotopic (exact) mass is 250 g/mol. The smallest absolute Gasteiger partial charge is 0.308 e. The summed E-state index contributed by atoms with van der Waals surface area (Å²) in [6.45, 7) is 9.13. The summed E-state index contributed by atoms with van der Waals surface area (Å²) in [5.74, 6) is -0.0608. The molecule has 0 unspecified atom stereocenters. The Bertz CT molecular complexity index is 425. The molecule has 1 aliphatic rings. The molecule has 0 aromatic heterocycles. The van der Waals surface area contributed by atoms with Gasteiger partial charge in [-0.2, -0.15) is 0 Å². The van der Waals surface area contributed by atoms with Gasteiger partial charge in [-0.15, -0.1) is 0 Å². The molecule has 0 aromatic rings. The molecule has 0 bridgehead atoms. The second kappa shape index (κ2) is 5.51. The lowest BCUT2D eigenvalue weighted by Gasteiger charge is -2.35. The Labute approximate surface area is 109 Å². The summed E-state index contributed by atoms with van der Waals surface area (Å²) in [6.07, 6.45) is 4.59. The first-order valence-electron chi connectivity index (χ1n) is 6.35. The van der Waals surface area contributed by atoms with Gasteiger partial charge in [0.1, 0.15) is 5.76 Å².